The predicted octanol–water partition coefficient (Wildman–Crippen LogP) is 1.30. The number of benzene rings is 1. The molecule has 2 N–H and O–H groups in total. The molecule has 0 fully saturated rings. The highest BCUT2D eigenvalue weighted by Crippen LogP contribution is 2.13. The largest absolute Gasteiger partial charge is 0.438 e. The van der Waals surface area contributed by atoms with Gasteiger partial charge in [-0.25, -0.2) is 17.5 Å². The normalized spacial score (nSPS) is 11.4. The second-order valence-corrected chi connectivity index (χ2v) is 6.28. The summed E-state index contributed by atoms with van der Waals surface area (Å²) in [4.78, 5) is 11.8. The quantitative estimate of drug-likeness (QED) is 0.837. The Morgan fingerprint density at radius 1 is 1.18 bits per heavy atom. The zero-order valence-corrected chi connectivity index (χ0v) is 12.6. The molecule has 0 spiro atoms. The van der Waals surface area contributed by atoms with Gasteiger partial charge in [-0.3, -0.25) is 4.79 Å². The van der Waals surface area contributed by atoms with E-state index in [1.807, 2.05) is 0 Å². The van der Waals surface area contributed by atoms with E-state index >= 15 is 0 Å². The number of halogens is 1. The summed E-state index contributed by atoms with van der Waals surface area (Å²) in [5.41, 5.74) is 0.875. The molecule has 1 aromatic carbocycles. The van der Waals surface area contributed by atoms with Crippen molar-refractivity contribution in [3.05, 3.63) is 53.5 Å². The van der Waals surface area contributed by atoms with E-state index in [1.54, 1.807) is 12.1 Å². The molecule has 2 aromatic rings. The van der Waals surface area contributed by atoms with Crippen molar-refractivity contribution < 1.29 is 22.0 Å². The standard InChI is InChI=1S/C14H15FN2O4S/c1-16-22(19,20)13-7-6-12(21-13)14(18)17-9-8-10-2-4-11(15)5-3-10/h2-7,16H,8-9H2,1H3,(H,17,18). The van der Waals surface area contributed by atoms with Crippen molar-refractivity contribution in [2.75, 3.05) is 13.6 Å². The summed E-state index contributed by atoms with van der Waals surface area (Å²) in [7, 11) is -2.46. The summed E-state index contributed by atoms with van der Waals surface area (Å²) in [5, 5.41) is 2.28. The number of carbonyl (C=O) groups excluding carboxylic acids is 1. The van der Waals surface area contributed by atoms with Gasteiger partial charge in [-0.1, -0.05) is 12.1 Å². The van der Waals surface area contributed by atoms with Crippen LogP contribution in [0.3, 0.4) is 0 Å². The molecule has 8 heteroatoms. The summed E-state index contributed by atoms with van der Waals surface area (Å²) in [6.45, 7) is 0.319. The molecular weight excluding hydrogens is 311 g/mol. The molecule has 6 nitrogen and oxygen atoms in total. The highest BCUT2D eigenvalue weighted by atomic mass is 32.2. The Morgan fingerprint density at radius 2 is 1.86 bits per heavy atom. The lowest BCUT2D eigenvalue weighted by atomic mass is 10.1. The van der Waals surface area contributed by atoms with Crippen LogP contribution in [-0.2, 0) is 16.4 Å². The molecule has 0 saturated heterocycles. The zero-order valence-electron chi connectivity index (χ0n) is 11.8. The van der Waals surface area contributed by atoms with Crippen LogP contribution in [0.25, 0.3) is 0 Å². The van der Waals surface area contributed by atoms with Crippen molar-refractivity contribution in [2.45, 2.75) is 11.5 Å². The summed E-state index contributed by atoms with van der Waals surface area (Å²) in [6, 6.07) is 8.45. The molecule has 0 unspecified atom stereocenters. The molecule has 1 heterocycles. The fourth-order valence-electron chi connectivity index (χ4n) is 1.75. The van der Waals surface area contributed by atoms with Crippen LogP contribution in [0, 0.1) is 5.82 Å². The van der Waals surface area contributed by atoms with Gasteiger partial charge in [-0.2, -0.15) is 0 Å². The van der Waals surface area contributed by atoms with Gasteiger partial charge in [0.15, 0.2) is 5.76 Å². The third-order valence-electron chi connectivity index (χ3n) is 2.95. The average Bonchev–Trinajstić information content (AvgIpc) is 3.00. The molecule has 0 aliphatic rings. The van der Waals surface area contributed by atoms with Gasteiger partial charge in [-0.05, 0) is 43.3 Å². The fraction of sp³-hybridized carbons (Fsp3) is 0.214. The highest BCUT2D eigenvalue weighted by molar-refractivity contribution is 7.89. The first-order chi connectivity index (χ1) is 10.4. The van der Waals surface area contributed by atoms with Crippen molar-refractivity contribution in [2.24, 2.45) is 0 Å². The van der Waals surface area contributed by atoms with E-state index in [0.717, 1.165) is 5.56 Å². The van der Waals surface area contributed by atoms with Crippen LogP contribution in [0.15, 0.2) is 45.9 Å². The summed E-state index contributed by atoms with van der Waals surface area (Å²) in [6.07, 6.45) is 0.522. The van der Waals surface area contributed by atoms with Gasteiger partial charge in [0, 0.05) is 6.54 Å². The van der Waals surface area contributed by atoms with Gasteiger partial charge in [0.25, 0.3) is 15.9 Å². The van der Waals surface area contributed by atoms with Crippen LogP contribution in [-0.4, -0.2) is 27.9 Å². The monoisotopic (exact) mass is 326 g/mol. The molecule has 2 rings (SSSR count). The Morgan fingerprint density at radius 3 is 2.50 bits per heavy atom. The van der Waals surface area contributed by atoms with Crippen LogP contribution in [0.1, 0.15) is 16.1 Å². The van der Waals surface area contributed by atoms with Crippen molar-refractivity contribution in [3.8, 4) is 0 Å². The van der Waals surface area contributed by atoms with Crippen LogP contribution in [0.4, 0.5) is 4.39 Å². The summed E-state index contributed by atoms with van der Waals surface area (Å²) in [5.74, 6) is -0.922. The van der Waals surface area contributed by atoms with E-state index in [9.17, 15) is 17.6 Å². The molecule has 0 radical (unpaired) electrons. The lowest BCUT2D eigenvalue weighted by Gasteiger charge is -2.03. The maximum absolute atomic E-state index is 12.7. The molecule has 1 amide bonds. The average molecular weight is 326 g/mol. The first-order valence-electron chi connectivity index (χ1n) is 6.48. The van der Waals surface area contributed by atoms with E-state index in [2.05, 4.69) is 10.0 Å². The number of carbonyl (C=O) groups is 1. The first kappa shape index (κ1) is 16.2. The lowest BCUT2D eigenvalue weighted by Crippen LogP contribution is -2.25. The minimum atomic E-state index is -3.71. The lowest BCUT2D eigenvalue weighted by molar-refractivity contribution is 0.0921. The molecule has 22 heavy (non-hydrogen) atoms. The number of amides is 1. The van der Waals surface area contributed by atoms with Crippen LogP contribution >= 0.6 is 0 Å². The van der Waals surface area contributed by atoms with Gasteiger partial charge in [0.05, 0.1) is 0 Å². The maximum Gasteiger partial charge on any atom is 0.287 e. The molecule has 1 aromatic heterocycles. The highest BCUT2D eigenvalue weighted by Gasteiger charge is 2.19. The van der Waals surface area contributed by atoms with Crippen molar-refractivity contribution in [3.63, 3.8) is 0 Å². The number of rotatable bonds is 6. The Balaban J connectivity index is 1.91. The molecule has 0 saturated carbocycles. The molecule has 118 valence electrons. The first-order valence-corrected chi connectivity index (χ1v) is 7.97. The maximum atomic E-state index is 12.7. The number of nitrogens with one attached hydrogen (secondary N) is 2. The van der Waals surface area contributed by atoms with E-state index in [0.29, 0.717) is 13.0 Å². The third-order valence-corrected chi connectivity index (χ3v) is 4.24. The van der Waals surface area contributed by atoms with E-state index in [1.165, 1.54) is 31.3 Å². The van der Waals surface area contributed by atoms with Gasteiger partial charge in [0.1, 0.15) is 5.82 Å². The second-order valence-electron chi connectivity index (χ2n) is 4.46. The fourth-order valence-corrected chi connectivity index (χ4v) is 2.39. The van der Waals surface area contributed by atoms with Crippen molar-refractivity contribution in [1.29, 1.82) is 0 Å². The molecule has 0 atom stereocenters. The predicted molar refractivity (Wildman–Crippen MR) is 77.4 cm³/mol. The summed E-state index contributed by atoms with van der Waals surface area (Å²) < 4.78 is 42.8. The van der Waals surface area contributed by atoms with E-state index < -0.39 is 15.9 Å². The van der Waals surface area contributed by atoms with Gasteiger partial charge >= 0.3 is 0 Å². The molecular formula is C14H15FN2O4S. The summed E-state index contributed by atoms with van der Waals surface area (Å²) >= 11 is 0. The third kappa shape index (κ3) is 3.92. The van der Waals surface area contributed by atoms with Gasteiger partial charge in [-0.15, -0.1) is 0 Å². The Hall–Kier alpha value is -2.19. The van der Waals surface area contributed by atoms with Crippen molar-refractivity contribution >= 4 is 15.9 Å². The van der Waals surface area contributed by atoms with Crippen LogP contribution in [0.2, 0.25) is 0 Å². The number of hydrogen-bond acceptors (Lipinski definition) is 4. The second kappa shape index (κ2) is 6.71. The minimum absolute atomic E-state index is 0.0899. The molecule has 0 aliphatic heterocycles. The minimum Gasteiger partial charge on any atom is -0.438 e. The van der Waals surface area contributed by atoms with Gasteiger partial charge in [0.2, 0.25) is 5.09 Å². The van der Waals surface area contributed by atoms with Crippen LogP contribution < -0.4 is 10.0 Å². The van der Waals surface area contributed by atoms with E-state index in [4.69, 9.17) is 4.42 Å². The Kier molecular flexibility index (Phi) is 4.94. The van der Waals surface area contributed by atoms with Gasteiger partial charge < -0.3 is 9.73 Å². The topological polar surface area (TPSA) is 88.4 Å². The Labute approximate surface area is 127 Å². The number of hydrogen-bond donors (Lipinski definition) is 2. The Bertz CT molecular complexity index is 753. The zero-order chi connectivity index (χ0) is 16.2. The molecule has 0 aliphatic carbocycles. The smallest absolute Gasteiger partial charge is 0.287 e. The van der Waals surface area contributed by atoms with Crippen molar-refractivity contribution in [1.82, 2.24) is 10.0 Å². The molecule has 0 bridgehead atoms. The number of sulfonamides is 1. The SMILES string of the molecule is CNS(=O)(=O)c1ccc(C(=O)NCCc2ccc(F)cc2)o1. The number of furan rings is 1. The van der Waals surface area contributed by atoms with E-state index in [-0.39, 0.29) is 16.7 Å². The van der Waals surface area contributed by atoms with Crippen LogP contribution in [0.5, 0.6) is 0 Å².